The number of hydrogen-bond acceptors (Lipinski definition) is 3. The minimum atomic E-state index is -0.174. The Balaban J connectivity index is 2.86. The van der Waals surface area contributed by atoms with E-state index in [0.717, 1.165) is 6.54 Å². The molecule has 0 unspecified atom stereocenters. The molecule has 1 aromatic heterocycles. The van der Waals surface area contributed by atoms with Crippen molar-refractivity contribution < 1.29 is 0 Å². The lowest BCUT2D eigenvalue weighted by molar-refractivity contribution is 0.208. The van der Waals surface area contributed by atoms with Crippen LogP contribution in [0.2, 0.25) is 0 Å². The summed E-state index contributed by atoms with van der Waals surface area (Å²) in [6, 6.07) is 0. The maximum absolute atomic E-state index is 11.4. The van der Waals surface area contributed by atoms with Gasteiger partial charge in [-0.2, -0.15) is 0 Å². The molecule has 6 heteroatoms. The average Bonchev–Trinajstić information content (AvgIpc) is 2.33. The molecular formula is C9H18N4OS. The summed E-state index contributed by atoms with van der Waals surface area (Å²) < 4.78 is 2.01. The largest absolute Gasteiger partial charge is 0.342 e. The summed E-state index contributed by atoms with van der Waals surface area (Å²) in [5.41, 5.74) is -0.163. The predicted molar refractivity (Wildman–Crippen MR) is 62.6 cm³/mol. The van der Waals surface area contributed by atoms with Crippen molar-refractivity contribution in [2.45, 2.75) is 20.4 Å². The first-order valence-corrected chi connectivity index (χ1v) is 5.25. The summed E-state index contributed by atoms with van der Waals surface area (Å²) in [6.45, 7) is 5.74. The molecular weight excluding hydrogens is 212 g/mol. The average molecular weight is 230 g/mol. The van der Waals surface area contributed by atoms with Crippen molar-refractivity contribution in [3.63, 3.8) is 0 Å². The highest BCUT2D eigenvalue weighted by Gasteiger charge is 2.21. The summed E-state index contributed by atoms with van der Waals surface area (Å²) in [7, 11) is 4.03. The maximum atomic E-state index is 11.4. The highest BCUT2D eigenvalue weighted by molar-refractivity contribution is 7.71. The van der Waals surface area contributed by atoms with Crippen LogP contribution in [0.1, 0.15) is 13.8 Å². The fraction of sp³-hybridized carbons (Fsp3) is 0.778. The molecule has 0 bridgehead atoms. The Morgan fingerprint density at radius 3 is 2.40 bits per heavy atom. The van der Waals surface area contributed by atoms with Gasteiger partial charge in [0, 0.05) is 13.1 Å². The molecule has 0 aromatic carbocycles. The lowest BCUT2D eigenvalue weighted by Gasteiger charge is -2.27. The lowest BCUT2D eigenvalue weighted by Crippen LogP contribution is -2.35. The fourth-order valence-electron chi connectivity index (χ4n) is 1.81. The molecule has 1 heterocycles. The van der Waals surface area contributed by atoms with E-state index in [1.54, 1.807) is 4.57 Å². The second kappa shape index (κ2) is 4.32. The Labute approximate surface area is 94.1 Å². The van der Waals surface area contributed by atoms with Gasteiger partial charge in [-0.15, -0.1) is 0 Å². The molecule has 1 aromatic rings. The van der Waals surface area contributed by atoms with E-state index >= 15 is 0 Å². The van der Waals surface area contributed by atoms with Gasteiger partial charge in [-0.05, 0) is 31.7 Å². The summed E-state index contributed by atoms with van der Waals surface area (Å²) in [5.74, 6) is 0. The van der Waals surface area contributed by atoms with Gasteiger partial charge in [-0.25, -0.2) is 9.89 Å². The Hall–Kier alpha value is -0.880. The molecule has 0 saturated carbocycles. The summed E-state index contributed by atoms with van der Waals surface area (Å²) in [5, 5.41) is 5.12. The van der Waals surface area contributed by atoms with E-state index in [0.29, 0.717) is 11.3 Å². The third-order valence-corrected chi connectivity index (χ3v) is 2.42. The number of nitrogens with zero attached hydrogens (tertiary/aromatic N) is 2. The Morgan fingerprint density at radius 1 is 1.40 bits per heavy atom. The minimum absolute atomic E-state index is 0.0108. The summed E-state index contributed by atoms with van der Waals surface area (Å²) >= 11 is 5.02. The summed E-state index contributed by atoms with van der Waals surface area (Å²) in [4.78, 5) is 13.5. The summed E-state index contributed by atoms with van der Waals surface area (Å²) in [6.07, 6.45) is 0. The minimum Gasteiger partial charge on any atom is -0.309 e. The van der Waals surface area contributed by atoms with Gasteiger partial charge in [0.15, 0.2) is 4.77 Å². The van der Waals surface area contributed by atoms with E-state index in [4.69, 9.17) is 12.2 Å². The predicted octanol–water partition coefficient (Wildman–Crippen LogP) is 0.822. The van der Waals surface area contributed by atoms with Crippen LogP contribution in [-0.2, 0) is 6.54 Å². The molecule has 0 saturated heterocycles. The van der Waals surface area contributed by atoms with E-state index in [9.17, 15) is 4.79 Å². The number of H-pyrrole nitrogens is 2. The third-order valence-electron chi connectivity index (χ3n) is 2.10. The third kappa shape index (κ3) is 3.32. The normalized spacial score (nSPS) is 12.3. The molecule has 0 spiro atoms. The van der Waals surface area contributed by atoms with Crippen LogP contribution in [0.3, 0.4) is 0 Å². The van der Waals surface area contributed by atoms with Gasteiger partial charge in [0.25, 0.3) is 0 Å². The van der Waals surface area contributed by atoms with Crippen molar-refractivity contribution >= 4 is 12.2 Å². The zero-order valence-corrected chi connectivity index (χ0v) is 10.4. The standard InChI is InChI=1S/C9H18N4OS/c1-9(2,5-12(3)4)6-13-7(14)10-11-8(13)15/h5-6H2,1-4H3,(H,10,14)(H,11,15). The smallest absolute Gasteiger partial charge is 0.309 e. The van der Waals surface area contributed by atoms with Crippen LogP contribution in [0.5, 0.6) is 0 Å². The quantitative estimate of drug-likeness (QED) is 0.753. The first kappa shape index (κ1) is 12.2. The van der Waals surface area contributed by atoms with E-state index in [-0.39, 0.29) is 11.1 Å². The Bertz CT molecular complexity index is 398. The molecule has 1 rings (SSSR count). The monoisotopic (exact) mass is 230 g/mol. The van der Waals surface area contributed by atoms with Gasteiger partial charge in [0.2, 0.25) is 0 Å². The highest BCUT2D eigenvalue weighted by Crippen LogP contribution is 2.17. The first-order chi connectivity index (χ1) is 6.82. The zero-order valence-electron chi connectivity index (χ0n) is 9.63. The fourth-order valence-corrected chi connectivity index (χ4v) is 2.01. The second-order valence-corrected chi connectivity index (χ2v) is 5.24. The Kier molecular flexibility index (Phi) is 3.51. The van der Waals surface area contributed by atoms with Gasteiger partial charge >= 0.3 is 5.69 Å². The van der Waals surface area contributed by atoms with Crippen LogP contribution in [-0.4, -0.2) is 40.3 Å². The number of aromatic nitrogens is 3. The van der Waals surface area contributed by atoms with Gasteiger partial charge in [-0.3, -0.25) is 9.67 Å². The van der Waals surface area contributed by atoms with Crippen LogP contribution >= 0.6 is 12.2 Å². The number of aromatic amines is 2. The topological polar surface area (TPSA) is 56.8 Å². The molecule has 0 fully saturated rings. The van der Waals surface area contributed by atoms with Crippen molar-refractivity contribution in [2.75, 3.05) is 20.6 Å². The van der Waals surface area contributed by atoms with Crippen LogP contribution in [0.15, 0.2) is 4.79 Å². The van der Waals surface area contributed by atoms with Crippen molar-refractivity contribution in [3.05, 3.63) is 15.3 Å². The molecule has 0 radical (unpaired) electrons. The molecule has 0 aliphatic rings. The number of rotatable bonds is 4. The highest BCUT2D eigenvalue weighted by atomic mass is 32.1. The van der Waals surface area contributed by atoms with Gasteiger partial charge < -0.3 is 4.90 Å². The first-order valence-electron chi connectivity index (χ1n) is 4.84. The molecule has 0 amide bonds. The molecule has 0 aliphatic carbocycles. The van der Waals surface area contributed by atoms with Crippen molar-refractivity contribution in [3.8, 4) is 0 Å². The lowest BCUT2D eigenvalue weighted by atomic mass is 9.93. The Morgan fingerprint density at radius 2 is 2.00 bits per heavy atom. The van der Waals surface area contributed by atoms with Crippen LogP contribution < -0.4 is 5.69 Å². The van der Waals surface area contributed by atoms with Crippen molar-refractivity contribution in [2.24, 2.45) is 5.41 Å². The molecule has 5 nitrogen and oxygen atoms in total. The molecule has 0 atom stereocenters. The van der Waals surface area contributed by atoms with Crippen LogP contribution in [0, 0.1) is 10.2 Å². The van der Waals surface area contributed by atoms with E-state index in [2.05, 4.69) is 28.9 Å². The maximum Gasteiger partial charge on any atom is 0.342 e. The van der Waals surface area contributed by atoms with Crippen molar-refractivity contribution in [1.29, 1.82) is 0 Å². The van der Waals surface area contributed by atoms with E-state index < -0.39 is 0 Å². The van der Waals surface area contributed by atoms with Gasteiger partial charge in [0.05, 0.1) is 0 Å². The van der Waals surface area contributed by atoms with E-state index in [1.165, 1.54) is 0 Å². The SMILES string of the molecule is CN(C)CC(C)(C)Cn1c(=O)[nH][nH]c1=S. The number of hydrogen-bond donors (Lipinski definition) is 2. The van der Waals surface area contributed by atoms with Gasteiger partial charge in [-0.1, -0.05) is 13.8 Å². The van der Waals surface area contributed by atoms with Crippen LogP contribution in [0.4, 0.5) is 0 Å². The molecule has 0 aliphatic heterocycles. The zero-order chi connectivity index (χ0) is 11.6. The second-order valence-electron chi connectivity index (χ2n) is 4.85. The van der Waals surface area contributed by atoms with Gasteiger partial charge in [0.1, 0.15) is 0 Å². The molecule has 86 valence electrons. The van der Waals surface area contributed by atoms with Crippen molar-refractivity contribution in [1.82, 2.24) is 19.7 Å². The van der Waals surface area contributed by atoms with E-state index in [1.807, 2.05) is 14.1 Å². The molecule has 15 heavy (non-hydrogen) atoms. The molecule has 2 N–H and O–H groups in total. The van der Waals surface area contributed by atoms with Crippen LogP contribution in [0.25, 0.3) is 0 Å². The number of nitrogens with one attached hydrogen (secondary N) is 2.